The van der Waals surface area contributed by atoms with Crippen LogP contribution in [0.5, 0.6) is 5.75 Å². The molecule has 0 saturated heterocycles. The van der Waals surface area contributed by atoms with Gasteiger partial charge >= 0.3 is 0 Å². The average Bonchev–Trinajstić information content (AvgIpc) is 2.91. The predicted molar refractivity (Wildman–Crippen MR) is 94.7 cm³/mol. The molecule has 1 unspecified atom stereocenters. The first-order valence-corrected chi connectivity index (χ1v) is 8.30. The molecule has 0 saturated carbocycles. The van der Waals surface area contributed by atoms with E-state index in [9.17, 15) is 0 Å². The van der Waals surface area contributed by atoms with Crippen LogP contribution in [0.3, 0.4) is 0 Å². The van der Waals surface area contributed by atoms with Crippen LogP contribution < -0.4 is 10.5 Å². The summed E-state index contributed by atoms with van der Waals surface area (Å²) in [7, 11) is 0. The summed E-state index contributed by atoms with van der Waals surface area (Å²) in [4.78, 5) is 4.60. The number of nitrogens with zero attached hydrogens (tertiary/aromatic N) is 1. The van der Waals surface area contributed by atoms with Gasteiger partial charge in [0, 0.05) is 4.47 Å². The van der Waals surface area contributed by atoms with E-state index in [-0.39, 0.29) is 12.1 Å². The van der Waals surface area contributed by atoms with E-state index in [1.165, 1.54) is 0 Å². The maximum atomic E-state index is 5.81. The zero-order valence-electron chi connectivity index (χ0n) is 13.1. The molecule has 4 nitrogen and oxygen atoms in total. The zero-order valence-corrected chi connectivity index (χ0v) is 14.7. The lowest BCUT2D eigenvalue weighted by molar-refractivity contribution is 0.242. The number of ether oxygens (including phenoxy) is 2. The predicted octanol–water partition coefficient (Wildman–Crippen LogP) is 3.82. The molecule has 0 bridgehead atoms. The van der Waals surface area contributed by atoms with Crippen LogP contribution in [0, 0.1) is 0 Å². The second kappa shape index (κ2) is 6.24. The Morgan fingerprint density at radius 3 is 2.48 bits per heavy atom. The maximum absolute atomic E-state index is 5.81. The van der Waals surface area contributed by atoms with Crippen molar-refractivity contribution in [2.75, 3.05) is 6.61 Å². The second-order valence-corrected chi connectivity index (χ2v) is 6.72. The van der Waals surface area contributed by atoms with Gasteiger partial charge in [0.1, 0.15) is 12.4 Å². The van der Waals surface area contributed by atoms with Gasteiger partial charge in [-0.05, 0) is 49.2 Å². The Bertz CT molecular complexity index is 728. The number of rotatable bonds is 4. The van der Waals surface area contributed by atoms with Gasteiger partial charge in [0.25, 0.3) is 6.02 Å². The first kappa shape index (κ1) is 15.9. The molecule has 0 radical (unpaired) electrons. The largest absolute Gasteiger partial charge is 0.491 e. The van der Waals surface area contributed by atoms with Gasteiger partial charge in [-0.3, -0.25) is 0 Å². The standard InChI is InChI=1S/C18H19BrN2O2/c1-12(2)23-16-8-6-13(7-9-16)18(11-22-17(20)21-18)14-4-3-5-15(19)10-14/h3-10,12H,11H2,1-2H3,(H2,20,21). The average molecular weight is 375 g/mol. The highest BCUT2D eigenvalue weighted by Gasteiger charge is 2.40. The number of benzene rings is 2. The number of hydrogen-bond acceptors (Lipinski definition) is 4. The Balaban J connectivity index is 2.04. The SMILES string of the molecule is CC(C)Oc1ccc(C2(c3cccc(Br)c3)COC(N)=N2)cc1. The molecule has 0 spiro atoms. The lowest BCUT2D eigenvalue weighted by Crippen LogP contribution is -2.27. The Kier molecular flexibility index (Phi) is 4.31. The number of nitrogens with two attached hydrogens (primary N) is 1. The molecule has 3 rings (SSSR count). The summed E-state index contributed by atoms with van der Waals surface area (Å²) >= 11 is 3.52. The van der Waals surface area contributed by atoms with Crippen LogP contribution in [0.25, 0.3) is 0 Å². The molecule has 2 aromatic carbocycles. The summed E-state index contributed by atoms with van der Waals surface area (Å²) in [5, 5.41) is 0. The normalized spacial score (nSPS) is 20.3. The van der Waals surface area contributed by atoms with Crippen molar-refractivity contribution < 1.29 is 9.47 Å². The third kappa shape index (κ3) is 3.20. The molecular weight excluding hydrogens is 356 g/mol. The number of amidine groups is 1. The number of halogens is 1. The minimum atomic E-state index is -0.621. The molecular formula is C18H19BrN2O2. The Morgan fingerprint density at radius 1 is 1.17 bits per heavy atom. The lowest BCUT2D eigenvalue weighted by atomic mass is 9.84. The zero-order chi connectivity index (χ0) is 16.4. The summed E-state index contributed by atoms with van der Waals surface area (Å²) in [6.07, 6.45) is 0.142. The van der Waals surface area contributed by atoms with Crippen molar-refractivity contribution in [2.45, 2.75) is 25.5 Å². The van der Waals surface area contributed by atoms with Gasteiger partial charge in [0.2, 0.25) is 0 Å². The van der Waals surface area contributed by atoms with Crippen LogP contribution in [0.15, 0.2) is 58.0 Å². The van der Waals surface area contributed by atoms with E-state index in [4.69, 9.17) is 15.2 Å². The fraction of sp³-hybridized carbons (Fsp3) is 0.278. The molecule has 1 aliphatic rings. The van der Waals surface area contributed by atoms with Crippen molar-refractivity contribution in [3.8, 4) is 5.75 Å². The van der Waals surface area contributed by atoms with E-state index >= 15 is 0 Å². The van der Waals surface area contributed by atoms with Crippen molar-refractivity contribution in [1.29, 1.82) is 0 Å². The van der Waals surface area contributed by atoms with Gasteiger partial charge < -0.3 is 15.2 Å². The molecule has 120 valence electrons. The van der Waals surface area contributed by atoms with E-state index in [2.05, 4.69) is 20.9 Å². The van der Waals surface area contributed by atoms with Gasteiger partial charge in [-0.1, -0.05) is 40.2 Å². The van der Waals surface area contributed by atoms with Gasteiger partial charge in [0.05, 0.1) is 6.10 Å². The summed E-state index contributed by atoms with van der Waals surface area (Å²) in [5.74, 6) is 0.837. The van der Waals surface area contributed by atoms with E-state index < -0.39 is 5.54 Å². The fourth-order valence-corrected chi connectivity index (χ4v) is 3.12. The van der Waals surface area contributed by atoms with Crippen molar-refractivity contribution in [1.82, 2.24) is 0 Å². The molecule has 0 fully saturated rings. The van der Waals surface area contributed by atoms with Crippen LogP contribution in [0.2, 0.25) is 0 Å². The first-order chi connectivity index (χ1) is 11.0. The van der Waals surface area contributed by atoms with Crippen LogP contribution >= 0.6 is 15.9 Å². The molecule has 0 amide bonds. The summed E-state index contributed by atoms with van der Waals surface area (Å²) in [6, 6.07) is 16.2. The van der Waals surface area contributed by atoms with Crippen molar-refractivity contribution in [3.63, 3.8) is 0 Å². The van der Waals surface area contributed by atoms with E-state index in [0.29, 0.717) is 6.61 Å². The molecule has 2 N–H and O–H groups in total. The van der Waals surface area contributed by atoms with Gasteiger partial charge in [-0.2, -0.15) is 0 Å². The summed E-state index contributed by atoms with van der Waals surface area (Å²) < 4.78 is 12.2. The molecule has 5 heteroatoms. The molecule has 0 aliphatic carbocycles. The van der Waals surface area contributed by atoms with Gasteiger partial charge in [-0.25, -0.2) is 4.99 Å². The van der Waals surface area contributed by atoms with Crippen molar-refractivity contribution >= 4 is 22.0 Å². The smallest absolute Gasteiger partial charge is 0.283 e. The Labute approximate surface area is 144 Å². The topological polar surface area (TPSA) is 56.8 Å². The van der Waals surface area contributed by atoms with E-state index in [1.807, 2.05) is 62.4 Å². The quantitative estimate of drug-likeness (QED) is 0.884. The van der Waals surface area contributed by atoms with Crippen LogP contribution in [-0.2, 0) is 10.3 Å². The molecule has 0 aromatic heterocycles. The minimum Gasteiger partial charge on any atom is -0.491 e. The Hall–Kier alpha value is -2.01. The third-order valence-corrected chi connectivity index (χ3v) is 4.23. The third-order valence-electron chi connectivity index (χ3n) is 3.74. The van der Waals surface area contributed by atoms with Crippen LogP contribution in [0.1, 0.15) is 25.0 Å². The summed E-state index contributed by atoms with van der Waals surface area (Å²) in [5.41, 5.74) is 7.24. The minimum absolute atomic E-state index is 0.142. The lowest BCUT2D eigenvalue weighted by Gasteiger charge is -2.25. The first-order valence-electron chi connectivity index (χ1n) is 7.51. The van der Waals surface area contributed by atoms with E-state index in [1.54, 1.807) is 0 Å². The molecule has 1 heterocycles. The molecule has 23 heavy (non-hydrogen) atoms. The molecule has 1 aliphatic heterocycles. The highest BCUT2D eigenvalue weighted by molar-refractivity contribution is 9.10. The highest BCUT2D eigenvalue weighted by atomic mass is 79.9. The number of aliphatic imine (C=N–C) groups is 1. The summed E-state index contributed by atoms with van der Waals surface area (Å²) in [6.45, 7) is 4.40. The van der Waals surface area contributed by atoms with Gasteiger partial charge in [-0.15, -0.1) is 0 Å². The number of hydrogen-bond donors (Lipinski definition) is 1. The van der Waals surface area contributed by atoms with Crippen LogP contribution in [0.4, 0.5) is 0 Å². The van der Waals surface area contributed by atoms with Crippen molar-refractivity contribution in [3.05, 3.63) is 64.1 Å². The monoisotopic (exact) mass is 374 g/mol. The maximum Gasteiger partial charge on any atom is 0.283 e. The van der Waals surface area contributed by atoms with Crippen LogP contribution in [-0.4, -0.2) is 18.7 Å². The van der Waals surface area contributed by atoms with Gasteiger partial charge in [0.15, 0.2) is 5.54 Å². The Morgan fingerprint density at radius 2 is 1.91 bits per heavy atom. The molecule has 1 atom stereocenters. The molecule has 2 aromatic rings. The van der Waals surface area contributed by atoms with Crippen molar-refractivity contribution in [2.24, 2.45) is 10.7 Å². The van der Waals surface area contributed by atoms with E-state index in [0.717, 1.165) is 21.3 Å². The fourth-order valence-electron chi connectivity index (χ4n) is 2.72. The highest BCUT2D eigenvalue weighted by Crippen LogP contribution is 2.38. The second-order valence-electron chi connectivity index (χ2n) is 5.80.